The summed E-state index contributed by atoms with van der Waals surface area (Å²) in [4.78, 5) is 29.6. The molecule has 2 heterocycles. The maximum Gasteiger partial charge on any atom is 0.251 e. The summed E-state index contributed by atoms with van der Waals surface area (Å²) in [5.41, 5.74) is 2.87. The number of fused-ring (bicyclic) bond motifs is 1. The van der Waals surface area contributed by atoms with Crippen LogP contribution in [0, 0.1) is 6.92 Å². The molecule has 1 aromatic carbocycles. The largest absolute Gasteiger partial charge is 0.325 e. The van der Waals surface area contributed by atoms with E-state index in [1.165, 1.54) is 0 Å². The van der Waals surface area contributed by atoms with Crippen LogP contribution in [-0.4, -0.2) is 10.9 Å². The van der Waals surface area contributed by atoms with Crippen LogP contribution in [0.3, 0.4) is 0 Å². The number of aromatic nitrogens is 1. The maximum atomic E-state index is 13.2. The monoisotopic (exact) mass is 380 g/mol. The zero-order chi connectivity index (χ0) is 19.0. The lowest BCUT2D eigenvalue weighted by molar-refractivity contribution is -0.121. The number of hydrogen-bond acceptors (Lipinski definition) is 3. The number of benzene rings is 1. The highest BCUT2D eigenvalue weighted by Gasteiger charge is 2.43. The average Bonchev–Trinajstić information content (AvgIpc) is 3.34. The molecule has 27 heavy (non-hydrogen) atoms. The van der Waals surface area contributed by atoms with Crippen molar-refractivity contribution in [3.63, 3.8) is 0 Å². The van der Waals surface area contributed by atoms with Crippen molar-refractivity contribution >= 4 is 33.8 Å². The molecular weight excluding hydrogens is 356 g/mol. The van der Waals surface area contributed by atoms with Crippen LogP contribution in [0.5, 0.6) is 0 Å². The molecule has 0 atom stereocenters. The zero-order valence-electron chi connectivity index (χ0n) is 15.7. The summed E-state index contributed by atoms with van der Waals surface area (Å²) in [5.74, 6) is 0.0612. The number of nitrogens with one attached hydrogen (secondary N) is 2. The van der Waals surface area contributed by atoms with Gasteiger partial charge in [0.2, 0.25) is 5.91 Å². The number of H-pyrrole nitrogens is 1. The number of carbonyl (C=O) groups excluding carboxylic acids is 1. The number of pyridine rings is 1. The summed E-state index contributed by atoms with van der Waals surface area (Å²) >= 11 is 1.66. The Hall–Kier alpha value is -2.40. The summed E-state index contributed by atoms with van der Waals surface area (Å²) in [6.07, 6.45) is 4.65. The average molecular weight is 381 g/mol. The van der Waals surface area contributed by atoms with Crippen LogP contribution in [0.15, 0.2) is 40.5 Å². The first-order valence-corrected chi connectivity index (χ1v) is 10.4. The van der Waals surface area contributed by atoms with Crippen LogP contribution < -0.4 is 10.9 Å². The summed E-state index contributed by atoms with van der Waals surface area (Å²) in [7, 11) is 0. The Morgan fingerprint density at radius 3 is 2.70 bits per heavy atom. The molecule has 4 nitrogen and oxygen atoms in total. The van der Waals surface area contributed by atoms with E-state index >= 15 is 0 Å². The van der Waals surface area contributed by atoms with Gasteiger partial charge in [-0.3, -0.25) is 9.59 Å². The topological polar surface area (TPSA) is 62.0 Å². The second-order valence-electron chi connectivity index (χ2n) is 7.39. The van der Waals surface area contributed by atoms with Gasteiger partial charge in [0.1, 0.15) is 0 Å². The van der Waals surface area contributed by atoms with Crippen molar-refractivity contribution in [3.8, 4) is 0 Å². The Morgan fingerprint density at radius 1 is 1.26 bits per heavy atom. The molecule has 0 bridgehead atoms. The van der Waals surface area contributed by atoms with E-state index in [4.69, 9.17) is 0 Å². The normalized spacial score (nSPS) is 15.9. The molecule has 1 amide bonds. The van der Waals surface area contributed by atoms with Crippen molar-refractivity contribution in [1.82, 2.24) is 4.98 Å². The quantitative estimate of drug-likeness (QED) is 0.675. The van der Waals surface area contributed by atoms with E-state index < -0.39 is 5.41 Å². The molecule has 5 heteroatoms. The third-order valence-electron chi connectivity index (χ3n) is 5.89. The molecule has 0 aliphatic heterocycles. The lowest BCUT2D eigenvalue weighted by Gasteiger charge is -2.26. The standard InChI is InChI=1S/C22H24N2O2S/c1-3-16-14(2)17-9-8-15(13-18(17)24-20(16)25)23-21(26)22(10-4-5-11-22)19-7-6-12-27-19/h6-9,12-13H,3-5,10-11H2,1-2H3,(H,23,26)(H,24,25). The molecule has 0 spiro atoms. The number of hydrogen-bond donors (Lipinski definition) is 2. The van der Waals surface area contributed by atoms with E-state index in [-0.39, 0.29) is 11.5 Å². The number of thiophene rings is 1. The third-order valence-corrected chi connectivity index (χ3v) is 6.97. The number of anilines is 1. The number of rotatable bonds is 4. The molecular formula is C22H24N2O2S. The van der Waals surface area contributed by atoms with Gasteiger partial charge in [0.05, 0.1) is 10.9 Å². The van der Waals surface area contributed by atoms with E-state index in [1.807, 2.05) is 43.5 Å². The van der Waals surface area contributed by atoms with Crippen LogP contribution in [0.25, 0.3) is 10.9 Å². The Bertz CT molecular complexity index is 1040. The van der Waals surface area contributed by atoms with Gasteiger partial charge >= 0.3 is 0 Å². The van der Waals surface area contributed by atoms with Crippen LogP contribution >= 0.6 is 11.3 Å². The van der Waals surface area contributed by atoms with Crippen molar-refractivity contribution in [1.29, 1.82) is 0 Å². The first kappa shape index (κ1) is 18.0. The van der Waals surface area contributed by atoms with E-state index in [9.17, 15) is 9.59 Å². The second kappa shape index (κ2) is 6.97. The fourth-order valence-electron chi connectivity index (χ4n) is 4.37. The Kier molecular flexibility index (Phi) is 4.64. The van der Waals surface area contributed by atoms with Crippen LogP contribution in [0.4, 0.5) is 5.69 Å². The van der Waals surface area contributed by atoms with E-state index in [1.54, 1.807) is 11.3 Å². The summed E-state index contributed by atoms with van der Waals surface area (Å²) < 4.78 is 0. The van der Waals surface area contributed by atoms with Crippen LogP contribution in [0.2, 0.25) is 0 Å². The van der Waals surface area contributed by atoms with Gasteiger partial charge < -0.3 is 10.3 Å². The van der Waals surface area contributed by atoms with Gasteiger partial charge in [-0.05, 0) is 55.3 Å². The predicted molar refractivity (Wildman–Crippen MR) is 112 cm³/mol. The Balaban J connectivity index is 1.69. The van der Waals surface area contributed by atoms with Gasteiger partial charge in [-0.15, -0.1) is 11.3 Å². The summed E-state index contributed by atoms with van der Waals surface area (Å²) in [6.45, 7) is 3.97. The molecule has 140 valence electrons. The summed E-state index contributed by atoms with van der Waals surface area (Å²) in [6, 6.07) is 9.88. The van der Waals surface area contributed by atoms with Crippen LogP contribution in [-0.2, 0) is 16.6 Å². The van der Waals surface area contributed by atoms with Crippen molar-refractivity contribution in [2.45, 2.75) is 51.4 Å². The number of aromatic amines is 1. The first-order valence-electron chi connectivity index (χ1n) is 9.56. The fourth-order valence-corrected chi connectivity index (χ4v) is 5.36. The van der Waals surface area contributed by atoms with Gasteiger partial charge in [-0.2, -0.15) is 0 Å². The molecule has 1 saturated carbocycles. The number of amides is 1. The number of aryl methyl sites for hydroxylation is 1. The highest BCUT2D eigenvalue weighted by Crippen LogP contribution is 2.44. The molecule has 2 aromatic heterocycles. The predicted octanol–water partition coefficient (Wildman–Crippen LogP) is 4.91. The van der Waals surface area contributed by atoms with E-state index in [2.05, 4.69) is 16.4 Å². The minimum atomic E-state index is -0.418. The minimum Gasteiger partial charge on any atom is -0.325 e. The molecule has 1 fully saturated rings. The van der Waals surface area contributed by atoms with Crippen molar-refractivity contribution in [2.24, 2.45) is 0 Å². The zero-order valence-corrected chi connectivity index (χ0v) is 16.5. The summed E-state index contributed by atoms with van der Waals surface area (Å²) in [5, 5.41) is 6.18. The molecule has 1 aliphatic carbocycles. The first-order chi connectivity index (χ1) is 13.0. The van der Waals surface area contributed by atoms with E-state index in [0.29, 0.717) is 6.42 Å². The second-order valence-corrected chi connectivity index (χ2v) is 8.34. The van der Waals surface area contributed by atoms with Crippen molar-refractivity contribution in [3.05, 3.63) is 62.1 Å². The molecule has 1 aliphatic rings. The third kappa shape index (κ3) is 3.00. The molecule has 0 radical (unpaired) electrons. The van der Waals surface area contributed by atoms with Gasteiger partial charge in [-0.1, -0.05) is 31.9 Å². The highest BCUT2D eigenvalue weighted by atomic mass is 32.1. The molecule has 0 unspecified atom stereocenters. The molecule has 3 aromatic rings. The Labute approximate surface area is 162 Å². The highest BCUT2D eigenvalue weighted by molar-refractivity contribution is 7.10. The molecule has 0 saturated heterocycles. The SMILES string of the molecule is CCc1c(C)c2ccc(NC(=O)C3(c4cccs4)CCCC3)cc2[nH]c1=O. The van der Waals surface area contributed by atoms with Crippen molar-refractivity contribution in [2.75, 3.05) is 5.32 Å². The minimum absolute atomic E-state index is 0.0446. The molecule has 4 rings (SSSR count). The van der Waals surface area contributed by atoms with E-state index in [0.717, 1.165) is 58.3 Å². The smallest absolute Gasteiger partial charge is 0.251 e. The lowest BCUT2D eigenvalue weighted by Crippen LogP contribution is -2.37. The van der Waals surface area contributed by atoms with Gasteiger partial charge in [0, 0.05) is 21.5 Å². The molecule has 2 N–H and O–H groups in total. The number of carbonyl (C=O) groups is 1. The van der Waals surface area contributed by atoms with Gasteiger partial charge in [-0.25, -0.2) is 0 Å². The van der Waals surface area contributed by atoms with Gasteiger partial charge in [0.25, 0.3) is 5.56 Å². The fraction of sp³-hybridized carbons (Fsp3) is 0.364. The lowest BCUT2D eigenvalue weighted by atomic mass is 9.83. The van der Waals surface area contributed by atoms with Crippen LogP contribution in [0.1, 0.15) is 48.6 Å². The Morgan fingerprint density at radius 2 is 2.04 bits per heavy atom. The van der Waals surface area contributed by atoms with Gasteiger partial charge in [0.15, 0.2) is 0 Å². The maximum absolute atomic E-state index is 13.2. The van der Waals surface area contributed by atoms with Crippen molar-refractivity contribution < 1.29 is 4.79 Å².